The highest BCUT2D eigenvalue weighted by molar-refractivity contribution is 5.94. The molecule has 1 amide bonds. The fraction of sp³-hybridized carbons (Fsp3) is 0.400. The molecule has 2 saturated heterocycles. The predicted molar refractivity (Wildman–Crippen MR) is 95.1 cm³/mol. The van der Waals surface area contributed by atoms with Crippen molar-refractivity contribution in [3.63, 3.8) is 0 Å². The molecule has 24 heavy (non-hydrogen) atoms. The molecule has 0 unspecified atom stereocenters. The Hall–Kier alpha value is -2.36. The average molecular weight is 321 g/mol. The number of aryl methyl sites for hydroxylation is 1. The van der Waals surface area contributed by atoms with Crippen LogP contribution in [-0.4, -0.2) is 42.0 Å². The predicted octanol–water partition coefficient (Wildman–Crippen LogP) is 2.99. The van der Waals surface area contributed by atoms with Crippen molar-refractivity contribution in [3.8, 4) is 0 Å². The van der Waals surface area contributed by atoms with Crippen molar-refractivity contribution in [2.45, 2.75) is 13.3 Å². The van der Waals surface area contributed by atoms with E-state index in [0.29, 0.717) is 11.8 Å². The van der Waals surface area contributed by atoms with Gasteiger partial charge in [0.1, 0.15) is 0 Å². The molecule has 2 aliphatic heterocycles. The van der Waals surface area contributed by atoms with E-state index in [4.69, 9.17) is 0 Å². The first-order valence-electron chi connectivity index (χ1n) is 8.71. The lowest BCUT2D eigenvalue weighted by Gasteiger charge is -2.35. The Morgan fingerprint density at radius 3 is 2.79 bits per heavy atom. The van der Waals surface area contributed by atoms with E-state index in [1.807, 2.05) is 49.6 Å². The molecule has 2 atom stereocenters. The van der Waals surface area contributed by atoms with Gasteiger partial charge in [0.2, 0.25) is 0 Å². The summed E-state index contributed by atoms with van der Waals surface area (Å²) in [5, 5.41) is 0. The summed E-state index contributed by atoms with van der Waals surface area (Å²) in [6, 6.07) is 12.0. The van der Waals surface area contributed by atoms with E-state index < -0.39 is 0 Å². The highest BCUT2D eigenvalue weighted by Gasteiger charge is 2.39. The van der Waals surface area contributed by atoms with Crippen LogP contribution >= 0.6 is 0 Å². The Morgan fingerprint density at radius 2 is 2.00 bits per heavy atom. The number of benzene rings is 1. The molecular weight excluding hydrogens is 298 g/mol. The normalized spacial score (nSPS) is 23.2. The minimum atomic E-state index is 0.182. The van der Waals surface area contributed by atoms with Crippen molar-refractivity contribution < 1.29 is 4.79 Å². The second kappa shape index (κ2) is 6.27. The van der Waals surface area contributed by atoms with Crippen LogP contribution in [0.2, 0.25) is 0 Å². The van der Waals surface area contributed by atoms with Crippen LogP contribution < -0.4 is 4.90 Å². The molecule has 0 N–H and O–H groups in total. The molecule has 4 nitrogen and oxygen atoms in total. The number of likely N-dealkylation sites (tertiary alicyclic amines) is 1. The topological polar surface area (TPSA) is 36.4 Å². The molecule has 0 bridgehead atoms. The van der Waals surface area contributed by atoms with Crippen molar-refractivity contribution >= 4 is 11.6 Å². The summed E-state index contributed by atoms with van der Waals surface area (Å²) in [5.74, 6) is 1.38. The minimum absolute atomic E-state index is 0.182. The Morgan fingerprint density at radius 1 is 1.12 bits per heavy atom. The van der Waals surface area contributed by atoms with Gasteiger partial charge in [-0.05, 0) is 49.4 Å². The molecule has 3 heterocycles. The van der Waals surface area contributed by atoms with Gasteiger partial charge in [-0.25, -0.2) is 0 Å². The van der Waals surface area contributed by atoms with Crippen molar-refractivity contribution in [3.05, 3.63) is 59.9 Å². The molecule has 2 aromatic rings. The van der Waals surface area contributed by atoms with Crippen LogP contribution in [0.5, 0.6) is 0 Å². The Balaban J connectivity index is 1.45. The van der Waals surface area contributed by atoms with Crippen molar-refractivity contribution in [1.82, 2.24) is 9.88 Å². The first kappa shape index (κ1) is 15.2. The summed E-state index contributed by atoms with van der Waals surface area (Å²) in [7, 11) is 0. The third-order valence-corrected chi connectivity index (χ3v) is 5.36. The van der Waals surface area contributed by atoms with E-state index in [2.05, 4.69) is 20.9 Å². The Kier molecular flexibility index (Phi) is 3.97. The number of carbonyl (C=O) groups excluding carboxylic acids is 1. The monoisotopic (exact) mass is 321 g/mol. The standard InChI is InChI=1S/C20H23N3O/c1-15-4-2-5-16(10-15)20(24)23-12-17-7-9-22(13-18(17)14-23)19-6-3-8-21-11-19/h2-6,8,10-11,17-18H,7,9,12-14H2,1H3/t17-,18+/m1/s1. The van der Waals surface area contributed by atoms with Crippen LogP contribution in [0, 0.1) is 18.8 Å². The van der Waals surface area contributed by atoms with Gasteiger partial charge in [-0.3, -0.25) is 9.78 Å². The lowest BCUT2D eigenvalue weighted by Crippen LogP contribution is -2.40. The fourth-order valence-corrected chi connectivity index (χ4v) is 4.07. The third-order valence-electron chi connectivity index (χ3n) is 5.36. The second-order valence-electron chi connectivity index (χ2n) is 7.05. The summed E-state index contributed by atoms with van der Waals surface area (Å²) in [6.45, 7) is 5.88. The van der Waals surface area contributed by atoms with Crippen molar-refractivity contribution in [2.75, 3.05) is 31.1 Å². The van der Waals surface area contributed by atoms with Gasteiger partial charge in [0, 0.05) is 37.9 Å². The maximum atomic E-state index is 12.8. The summed E-state index contributed by atoms with van der Waals surface area (Å²) in [5.41, 5.74) is 3.15. The van der Waals surface area contributed by atoms with Crippen LogP contribution in [-0.2, 0) is 0 Å². The largest absolute Gasteiger partial charge is 0.370 e. The summed E-state index contributed by atoms with van der Waals surface area (Å²) in [6.07, 6.45) is 4.90. The summed E-state index contributed by atoms with van der Waals surface area (Å²) >= 11 is 0. The van der Waals surface area contributed by atoms with E-state index in [9.17, 15) is 4.79 Å². The second-order valence-corrected chi connectivity index (χ2v) is 7.05. The first-order valence-corrected chi connectivity index (χ1v) is 8.71. The average Bonchev–Trinajstić information content (AvgIpc) is 3.05. The number of fused-ring (bicyclic) bond motifs is 1. The maximum absolute atomic E-state index is 12.8. The number of rotatable bonds is 2. The molecule has 2 fully saturated rings. The minimum Gasteiger partial charge on any atom is -0.370 e. The number of hydrogen-bond acceptors (Lipinski definition) is 3. The lowest BCUT2D eigenvalue weighted by molar-refractivity contribution is 0.0784. The molecule has 0 aliphatic carbocycles. The van der Waals surface area contributed by atoms with Crippen LogP contribution in [0.1, 0.15) is 22.3 Å². The number of nitrogens with zero attached hydrogens (tertiary/aromatic N) is 3. The van der Waals surface area contributed by atoms with E-state index in [-0.39, 0.29) is 5.91 Å². The third kappa shape index (κ3) is 2.88. The zero-order chi connectivity index (χ0) is 16.5. The molecule has 0 saturated carbocycles. The number of aromatic nitrogens is 1. The summed E-state index contributed by atoms with van der Waals surface area (Å²) in [4.78, 5) is 21.5. The van der Waals surface area contributed by atoms with Crippen LogP contribution in [0.4, 0.5) is 5.69 Å². The Labute approximate surface area is 143 Å². The molecule has 4 rings (SSSR count). The van der Waals surface area contributed by atoms with Gasteiger partial charge in [-0.1, -0.05) is 17.7 Å². The first-order chi connectivity index (χ1) is 11.7. The Bertz CT molecular complexity index is 731. The van der Waals surface area contributed by atoms with Crippen molar-refractivity contribution in [1.29, 1.82) is 0 Å². The molecule has 0 radical (unpaired) electrons. The molecule has 2 aliphatic rings. The number of pyridine rings is 1. The highest BCUT2D eigenvalue weighted by atomic mass is 16.2. The number of anilines is 1. The van der Waals surface area contributed by atoms with Crippen molar-refractivity contribution in [2.24, 2.45) is 11.8 Å². The number of hydrogen-bond donors (Lipinski definition) is 0. The maximum Gasteiger partial charge on any atom is 0.253 e. The van der Waals surface area contributed by atoms with Gasteiger partial charge in [-0.15, -0.1) is 0 Å². The van der Waals surface area contributed by atoms with Gasteiger partial charge in [0.25, 0.3) is 5.91 Å². The molecule has 124 valence electrons. The van der Waals surface area contributed by atoms with Crippen LogP contribution in [0.15, 0.2) is 48.8 Å². The summed E-state index contributed by atoms with van der Waals surface area (Å²) < 4.78 is 0. The zero-order valence-electron chi connectivity index (χ0n) is 14.1. The molecule has 0 spiro atoms. The van der Waals surface area contributed by atoms with E-state index in [1.54, 1.807) is 0 Å². The quantitative estimate of drug-likeness (QED) is 0.853. The number of amides is 1. The van der Waals surface area contributed by atoms with Crippen LogP contribution in [0.3, 0.4) is 0 Å². The SMILES string of the molecule is Cc1cccc(C(=O)N2C[C@H]3CCN(c4cccnc4)C[C@H]3C2)c1. The van der Waals surface area contributed by atoms with Gasteiger partial charge < -0.3 is 9.80 Å². The van der Waals surface area contributed by atoms with Gasteiger partial charge >= 0.3 is 0 Å². The number of carbonyl (C=O) groups is 1. The highest BCUT2D eigenvalue weighted by Crippen LogP contribution is 2.33. The van der Waals surface area contributed by atoms with Gasteiger partial charge in [0.05, 0.1) is 11.9 Å². The van der Waals surface area contributed by atoms with Crippen LogP contribution in [0.25, 0.3) is 0 Å². The van der Waals surface area contributed by atoms with E-state index in [1.165, 1.54) is 5.69 Å². The van der Waals surface area contributed by atoms with Gasteiger partial charge in [0.15, 0.2) is 0 Å². The van der Waals surface area contributed by atoms with E-state index in [0.717, 1.165) is 43.7 Å². The molecule has 4 heteroatoms. The van der Waals surface area contributed by atoms with Gasteiger partial charge in [-0.2, -0.15) is 0 Å². The van der Waals surface area contributed by atoms with E-state index >= 15 is 0 Å². The molecular formula is C20H23N3O. The smallest absolute Gasteiger partial charge is 0.253 e. The number of piperidine rings is 1. The fourth-order valence-electron chi connectivity index (χ4n) is 4.07. The molecule has 1 aromatic heterocycles. The zero-order valence-corrected chi connectivity index (χ0v) is 14.1. The lowest BCUT2D eigenvalue weighted by atomic mass is 9.88. The molecule has 1 aromatic carbocycles.